The van der Waals surface area contributed by atoms with Crippen LogP contribution in [-0.2, 0) is 12.8 Å². The first kappa shape index (κ1) is 12.9. The molecule has 2 unspecified atom stereocenters. The SMILES string of the molecule is CC(Cc1ccccc1)C(C)Cc1ccccc1. The lowest BCUT2D eigenvalue weighted by Crippen LogP contribution is -2.13. The van der Waals surface area contributed by atoms with E-state index in [0.717, 1.165) is 0 Å². The van der Waals surface area contributed by atoms with E-state index in [-0.39, 0.29) is 0 Å². The molecule has 2 aromatic rings. The summed E-state index contributed by atoms with van der Waals surface area (Å²) in [5.41, 5.74) is 2.90. The smallest absolute Gasteiger partial charge is 0.0250 e. The van der Waals surface area contributed by atoms with Crippen molar-refractivity contribution >= 4 is 0 Å². The van der Waals surface area contributed by atoms with Crippen molar-refractivity contribution in [3.05, 3.63) is 71.8 Å². The molecule has 0 heterocycles. The molecule has 0 N–H and O–H groups in total. The molecule has 0 saturated carbocycles. The zero-order chi connectivity index (χ0) is 12.8. The summed E-state index contributed by atoms with van der Waals surface area (Å²) >= 11 is 0. The Hall–Kier alpha value is -1.56. The highest BCUT2D eigenvalue weighted by atomic mass is 14.2. The molecule has 2 atom stereocenters. The number of benzene rings is 2. The molecule has 2 rings (SSSR count). The molecule has 18 heavy (non-hydrogen) atoms. The van der Waals surface area contributed by atoms with Gasteiger partial charge in [0.1, 0.15) is 0 Å². The summed E-state index contributed by atoms with van der Waals surface area (Å²) in [6.45, 7) is 4.72. The zero-order valence-electron chi connectivity index (χ0n) is 11.3. The minimum atomic E-state index is 0.715. The molecule has 0 bridgehead atoms. The van der Waals surface area contributed by atoms with Crippen LogP contribution in [0.25, 0.3) is 0 Å². The van der Waals surface area contributed by atoms with Gasteiger partial charge in [-0.2, -0.15) is 0 Å². The second-order valence-corrected chi connectivity index (χ2v) is 5.33. The first-order valence-corrected chi connectivity index (χ1v) is 6.83. The predicted octanol–water partition coefficient (Wildman–Crippen LogP) is 4.74. The Balaban J connectivity index is 1.91. The van der Waals surface area contributed by atoms with Gasteiger partial charge in [0.05, 0.1) is 0 Å². The van der Waals surface area contributed by atoms with Gasteiger partial charge in [0, 0.05) is 0 Å². The van der Waals surface area contributed by atoms with Crippen LogP contribution in [0.3, 0.4) is 0 Å². The fourth-order valence-corrected chi connectivity index (χ4v) is 2.37. The van der Waals surface area contributed by atoms with Gasteiger partial charge in [0.15, 0.2) is 0 Å². The van der Waals surface area contributed by atoms with Crippen LogP contribution in [0.15, 0.2) is 60.7 Å². The lowest BCUT2D eigenvalue weighted by molar-refractivity contribution is 0.383. The van der Waals surface area contributed by atoms with Crippen molar-refractivity contribution in [3.8, 4) is 0 Å². The lowest BCUT2D eigenvalue weighted by atomic mass is 9.85. The third-order valence-corrected chi connectivity index (χ3v) is 3.77. The van der Waals surface area contributed by atoms with Crippen LogP contribution >= 0.6 is 0 Å². The Bertz CT molecular complexity index is 398. The van der Waals surface area contributed by atoms with Gasteiger partial charge in [0.25, 0.3) is 0 Å². The quantitative estimate of drug-likeness (QED) is 0.705. The van der Waals surface area contributed by atoms with Crippen LogP contribution in [0.4, 0.5) is 0 Å². The van der Waals surface area contributed by atoms with E-state index in [1.165, 1.54) is 24.0 Å². The van der Waals surface area contributed by atoms with Gasteiger partial charge in [-0.15, -0.1) is 0 Å². The van der Waals surface area contributed by atoms with Gasteiger partial charge in [-0.05, 0) is 35.8 Å². The molecule has 0 spiro atoms. The summed E-state index contributed by atoms with van der Waals surface area (Å²) in [5, 5.41) is 0. The van der Waals surface area contributed by atoms with Gasteiger partial charge in [-0.3, -0.25) is 0 Å². The first-order chi connectivity index (χ1) is 8.75. The Labute approximate surface area is 111 Å². The molecule has 0 aromatic heterocycles. The molecule has 94 valence electrons. The van der Waals surface area contributed by atoms with E-state index in [0.29, 0.717) is 11.8 Å². The van der Waals surface area contributed by atoms with Crippen molar-refractivity contribution < 1.29 is 0 Å². The maximum atomic E-state index is 2.36. The van der Waals surface area contributed by atoms with Crippen LogP contribution in [0.2, 0.25) is 0 Å². The largest absolute Gasteiger partial charge is 0.0622 e. The summed E-state index contributed by atoms with van der Waals surface area (Å²) in [4.78, 5) is 0. The summed E-state index contributed by atoms with van der Waals surface area (Å²) in [7, 11) is 0. The standard InChI is InChI=1S/C18H22/c1-15(13-17-9-5-3-6-10-17)16(2)14-18-11-7-4-8-12-18/h3-12,15-16H,13-14H2,1-2H3. The zero-order valence-corrected chi connectivity index (χ0v) is 11.3. The van der Waals surface area contributed by atoms with Crippen LogP contribution in [0.1, 0.15) is 25.0 Å². The Morgan fingerprint density at radius 3 is 1.28 bits per heavy atom. The van der Waals surface area contributed by atoms with Gasteiger partial charge in [0.2, 0.25) is 0 Å². The van der Waals surface area contributed by atoms with Crippen molar-refractivity contribution in [1.82, 2.24) is 0 Å². The maximum absolute atomic E-state index is 2.36. The van der Waals surface area contributed by atoms with E-state index in [9.17, 15) is 0 Å². The van der Waals surface area contributed by atoms with Gasteiger partial charge >= 0.3 is 0 Å². The van der Waals surface area contributed by atoms with E-state index in [2.05, 4.69) is 74.5 Å². The topological polar surface area (TPSA) is 0 Å². The third kappa shape index (κ3) is 3.73. The molecule has 0 aliphatic rings. The average molecular weight is 238 g/mol. The third-order valence-electron chi connectivity index (χ3n) is 3.77. The predicted molar refractivity (Wildman–Crippen MR) is 78.6 cm³/mol. The highest BCUT2D eigenvalue weighted by molar-refractivity contribution is 5.17. The number of hydrogen-bond acceptors (Lipinski definition) is 0. The normalized spacial score (nSPS) is 14.1. The second-order valence-electron chi connectivity index (χ2n) is 5.33. The van der Waals surface area contributed by atoms with Crippen molar-refractivity contribution in [2.45, 2.75) is 26.7 Å². The molecule has 0 nitrogen and oxygen atoms in total. The fraction of sp³-hybridized carbons (Fsp3) is 0.333. The molecule has 0 fully saturated rings. The summed E-state index contributed by atoms with van der Waals surface area (Å²) < 4.78 is 0. The molecule has 0 radical (unpaired) electrons. The van der Waals surface area contributed by atoms with Crippen molar-refractivity contribution in [3.63, 3.8) is 0 Å². The summed E-state index contributed by atoms with van der Waals surface area (Å²) in [5.74, 6) is 1.43. The first-order valence-electron chi connectivity index (χ1n) is 6.83. The molecule has 0 aliphatic carbocycles. The lowest BCUT2D eigenvalue weighted by Gasteiger charge is -2.20. The highest BCUT2D eigenvalue weighted by Gasteiger charge is 2.13. The number of hydrogen-bond donors (Lipinski definition) is 0. The molecule has 0 aliphatic heterocycles. The van der Waals surface area contributed by atoms with Crippen LogP contribution < -0.4 is 0 Å². The highest BCUT2D eigenvalue weighted by Crippen LogP contribution is 2.20. The Morgan fingerprint density at radius 2 is 0.944 bits per heavy atom. The monoisotopic (exact) mass is 238 g/mol. The molecule has 0 saturated heterocycles. The van der Waals surface area contributed by atoms with E-state index < -0.39 is 0 Å². The maximum Gasteiger partial charge on any atom is -0.0250 e. The van der Waals surface area contributed by atoms with Gasteiger partial charge in [-0.1, -0.05) is 74.5 Å². The molecule has 0 amide bonds. The molecule has 0 heteroatoms. The van der Waals surface area contributed by atoms with Gasteiger partial charge in [-0.25, -0.2) is 0 Å². The van der Waals surface area contributed by atoms with Crippen molar-refractivity contribution in [2.24, 2.45) is 11.8 Å². The van der Waals surface area contributed by atoms with Crippen LogP contribution in [0, 0.1) is 11.8 Å². The minimum absolute atomic E-state index is 0.715. The van der Waals surface area contributed by atoms with Crippen molar-refractivity contribution in [2.75, 3.05) is 0 Å². The molecular weight excluding hydrogens is 216 g/mol. The van der Waals surface area contributed by atoms with Gasteiger partial charge < -0.3 is 0 Å². The summed E-state index contributed by atoms with van der Waals surface area (Å²) in [6.07, 6.45) is 2.35. The van der Waals surface area contributed by atoms with E-state index in [1.807, 2.05) is 0 Å². The Morgan fingerprint density at radius 1 is 0.611 bits per heavy atom. The summed E-state index contributed by atoms with van der Waals surface area (Å²) in [6, 6.07) is 21.6. The molecule has 2 aromatic carbocycles. The molecular formula is C18H22. The minimum Gasteiger partial charge on any atom is -0.0622 e. The van der Waals surface area contributed by atoms with Crippen molar-refractivity contribution in [1.29, 1.82) is 0 Å². The second kappa shape index (κ2) is 6.39. The van der Waals surface area contributed by atoms with E-state index in [1.54, 1.807) is 0 Å². The Kier molecular flexibility index (Phi) is 4.58. The van der Waals surface area contributed by atoms with E-state index >= 15 is 0 Å². The average Bonchev–Trinajstić information content (AvgIpc) is 2.41. The van der Waals surface area contributed by atoms with E-state index in [4.69, 9.17) is 0 Å². The van der Waals surface area contributed by atoms with Crippen LogP contribution in [0.5, 0.6) is 0 Å². The van der Waals surface area contributed by atoms with Crippen LogP contribution in [-0.4, -0.2) is 0 Å². The number of rotatable bonds is 5. The fourth-order valence-electron chi connectivity index (χ4n) is 2.37.